The fraction of sp³-hybridized carbons (Fsp3) is 0.929. The number of carbonyl (C=O) groups is 1. The van der Waals surface area contributed by atoms with E-state index < -0.39 is 0 Å². The van der Waals surface area contributed by atoms with E-state index >= 15 is 0 Å². The normalized spacial score (nSPS) is 11.2. The number of unbranched alkanes of at least 4 members (excludes halogenated alkanes) is 6. The summed E-state index contributed by atoms with van der Waals surface area (Å²) in [4.78, 5) is 11.4. The maximum Gasteiger partial charge on any atom is 0.219 e. The summed E-state index contributed by atoms with van der Waals surface area (Å²) in [6, 6.07) is 1.36. The first-order valence-corrected chi connectivity index (χ1v) is 9.99. The zero-order valence-electron chi connectivity index (χ0n) is 11.9. The number of hydrogen-bond donors (Lipinski definition) is 1. The molecule has 0 heterocycles. The molecule has 1 amide bonds. The van der Waals surface area contributed by atoms with Crippen molar-refractivity contribution in [3.8, 4) is 0 Å². The van der Waals surface area contributed by atoms with E-state index in [-0.39, 0.29) is 15.4 Å². The van der Waals surface area contributed by atoms with E-state index in [4.69, 9.17) is 0 Å². The largest absolute Gasteiger partial charge is 0.356 e. The Morgan fingerprint density at radius 3 is 2.29 bits per heavy atom. The zero-order chi connectivity index (χ0) is 12.8. The van der Waals surface area contributed by atoms with Crippen molar-refractivity contribution in [1.82, 2.24) is 5.32 Å². The highest BCUT2D eigenvalue weighted by molar-refractivity contribution is 6.33. The van der Waals surface area contributed by atoms with Crippen molar-refractivity contribution >= 4 is 15.4 Å². The van der Waals surface area contributed by atoms with Crippen molar-refractivity contribution < 1.29 is 4.79 Å². The van der Waals surface area contributed by atoms with E-state index in [1.165, 1.54) is 51.0 Å². The topological polar surface area (TPSA) is 29.1 Å². The molecule has 0 radical (unpaired) electrons. The van der Waals surface area contributed by atoms with Gasteiger partial charge < -0.3 is 5.32 Å². The van der Waals surface area contributed by atoms with Gasteiger partial charge in [0, 0.05) is 22.5 Å². The second-order valence-corrected chi connectivity index (χ2v) is 6.64. The Morgan fingerprint density at radius 1 is 1.00 bits per heavy atom. The van der Waals surface area contributed by atoms with Gasteiger partial charge in [-0.1, -0.05) is 58.0 Å². The van der Waals surface area contributed by atoms with E-state index in [9.17, 15) is 4.79 Å². The quantitative estimate of drug-likeness (QED) is 0.422. The van der Waals surface area contributed by atoms with Crippen LogP contribution in [0.3, 0.4) is 0 Å². The fourth-order valence-electron chi connectivity index (χ4n) is 1.93. The van der Waals surface area contributed by atoms with Gasteiger partial charge in [-0.15, -0.1) is 0 Å². The SMILES string of the molecule is CCCCCCCCCC(=O)NCCC[SiH2]C. The number of carbonyl (C=O) groups excluding carboxylic acids is 1. The van der Waals surface area contributed by atoms with Crippen LogP contribution in [0.2, 0.25) is 12.6 Å². The highest BCUT2D eigenvalue weighted by Gasteiger charge is 1.99. The Labute approximate surface area is 110 Å². The third kappa shape index (κ3) is 13.6. The first-order chi connectivity index (χ1) is 8.31. The van der Waals surface area contributed by atoms with E-state index in [1.54, 1.807) is 0 Å². The van der Waals surface area contributed by atoms with Crippen molar-refractivity contribution in [3.05, 3.63) is 0 Å². The Bertz CT molecular complexity index is 174. The van der Waals surface area contributed by atoms with Gasteiger partial charge in [-0.3, -0.25) is 4.79 Å². The number of hydrogen-bond acceptors (Lipinski definition) is 1. The van der Waals surface area contributed by atoms with Gasteiger partial charge in [-0.05, 0) is 12.8 Å². The second-order valence-electron chi connectivity index (χ2n) is 4.93. The first-order valence-electron chi connectivity index (χ1n) is 7.58. The lowest BCUT2D eigenvalue weighted by atomic mass is 10.1. The summed E-state index contributed by atoms with van der Waals surface area (Å²) >= 11 is 0. The summed E-state index contributed by atoms with van der Waals surface area (Å²) in [5.41, 5.74) is 0. The molecule has 3 heteroatoms. The molecule has 0 aromatic heterocycles. The highest BCUT2D eigenvalue weighted by Crippen LogP contribution is 2.08. The molecular weight excluding hydrogens is 226 g/mol. The molecular formula is C14H31NOSi. The molecule has 0 aliphatic carbocycles. The Hall–Kier alpha value is -0.313. The molecule has 0 aliphatic rings. The second kappa shape index (κ2) is 13.8. The molecule has 0 aromatic carbocycles. The summed E-state index contributed by atoms with van der Waals surface area (Å²) in [6.07, 6.45) is 10.9. The van der Waals surface area contributed by atoms with E-state index in [2.05, 4.69) is 18.8 Å². The van der Waals surface area contributed by atoms with Gasteiger partial charge >= 0.3 is 0 Å². The Kier molecular flexibility index (Phi) is 13.5. The monoisotopic (exact) mass is 257 g/mol. The van der Waals surface area contributed by atoms with Crippen molar-refractivity contribution in [2.45, 2.75) is 77.3 Å². The maximum atomic E-state index is 11.4. The van der Waals surface area contributed by atoms with Gasteiger partial charge in [0.15, 0.2) is 0 Å². The molecule has 0 aromatic rings. The Balaban J connectivity index is 3.11. The lowest BCUT2D eigenvalue weighted by Crippen LogP contribution is -2.24. The summed E-state index contributed by atoms with van der Waals surface area (Å²) in [5.74, 6) is 0.260. The summed E-state index contributed by atoms with van der Waals surface area (Å²) < 4.78 is 0. The summed E-state index contributed by atoms with van der Waals surface area (Å²) in [7, 11) is 0.188. The van der Waals surface area contributed by atoms with E-state index in [1.807, 2.05) is 0 Å². The van der Waals surface area contributed by atoms with Crippen LogP contribution in [0.25, 0.3) is 0 Å². The lowest BCUT2D eigenvalue weighted by Gasteiger charge is -2.04. The standard InChI is InChI=1S/C14H31NOSi/c1-3-4-5-6-7-8-9-11-14(16)15-12-10-13-17-2/h3-13,17H2,1-2H3,(H,15,16). The van der Waals surface area contributed by atoms with Crippen LogP contribution in [0, 0.1) is 0 Å². The summed E-state index contributed by atoms with van der Waals surface area (Å²) in [6.45, 7) is 5.46. The van der Waals surface area contributed by atoms with Crippen molar-refractivity contribution in [3.63, 3.8) is 0 Å². The third-order valence-corrected chi connectivity index (χ3v) is 4.32. The van der Waals surface area contributed by atoms with Gasteiger partial charge in [-0.25, -0.2) is 0 Å². The lowest BCUT2D eigenvalue weighted by molar-refractivity contribution is -0.121. The molecule has 0 saturated heterocycles. The third-order valence-electron chi connectivity index (χ3n) is 3.11. The molecule has 1 N–H and O–H groups in total. The molecule has 102 valence electrons. The molecule has 0 bridgehead atoms. The number of rotatable bonds is 12. The minimum atomic E-state index is 0.188. The van der Waals surface area contributed by atoms with Gasteiger partial charge in [-0.2, -0.15) is 0 Å². The van der Waals surface area contributed by atoms with Crippen molar-refractivity contribution in [1.29, 1.82) is 0 Å². The first kappa shape index (κ1) is 16.7. The number of amides is 1. The minimum Gasteiger partial charge on any atom is -0.356 e. The van der Waals surface area contributed by atoms with Crippen LogP contribution in [-0.4, -0.2) is 22.0 Å². The minimum absolute atomic E-state index is 0.188. The predicted octanol–water partition coefficient (Wildman–Crippen LogP) is 3.27. The van der Waals surface area contributed by atoms with E-state index in [0.717, 1.165) is 19.4 Å². The van der Waals surface area contributed by atoms with Crippen LogP contribution >= 0.6 is 0 Å². The molecule has 0 rings (SSSR count). The molecule has 0 spiro atoms. The van der Waals surface area contributed by atoms with Crippen LogP contribution in [0.4, 0.5) is 0 Å². The zero-order valence-corrected chi connectivity index (χ0v) is 13.3. The highest BCUT2D eigenvalue weighted by atomic mass is 28.2. The molecule has 0 saturated carbocycles. The smallest absolute Gasteiger partial charge is 0.219 e. The molecule has 17 heavy (non-hydrogen) atoms. The van der Waals surface area contributed by atoms with Crippen LogP contribution in [0.5, 0.6) is 0 Å². The van der Waals surface area contributed by atoms with Crippen molar-refractivity contribution in [2.75, 3.05) is 6.54 Å². The average Bonchev–Trinajstić information content (AvgIpc) is 2.33. The van der Waals surface area contributed by atoms with Crippen LogP contribution in [0.15, 0.2) is 0 Å². The van der Waals surface area contributed by atoms with Gasteiger partial charge in [0.05, 0.1) is 0 Å². The summed E-state index contributed by atoms with van der Waals surface area (Å²) in [5, 5.41) is 3.01. The fourth-order valence-corrected chi connectivity index (χ4v) is 2.68. The van der Waals surface area contributed by atoms with Gasteiger partial charge in [0.25, 0.3) is 0 Å². The number of nitrogens with one attached hydrogen (secondary N) is 1. The molecule has 0 fully saturated rings. The molecule has 0 aliphatic heterocycles. The predicted molar refractivity (Wildman–Crippen MR) is 79.5 cm³/mol. The van der Waals surface area contributed by atoms with Crippen molar-refractivity contribution in [2.24, 2.45) is 0 Å². The van der Waals surface area contributed by atoms with E-state index in [0.29, 0.717) is 0 Å². The van der Waals surface area contributed by atoms with Gasteiger partial charge in [0.2, 0.25) is 5.91 Å². The molecule has 0 unspecified atom stereocenters. The maximum absolute atomic E-state index is 11.4. The molecule has 2 nitrogen and oxygen atoms in total. The van der Waals surface area contributed by atoms with Crippen LogP contribution < -0.4 is 5.32 Å². The van der Waals surface area contributed by atoms with Crippen LogP contribution in [0.1, 0.15) is 64.7 Å². The molecule has 0 atom stereocenters. The van der Waals surface area contributed by atoms with Crippen LogP contribution in [-0.2, 0) is 4.79 Å². The van der Waals surface area contributed by atoms with Gasteiger partial charge in [0.1, 0.15) is 0 Å². The Morgan fingerprint density at radius 2 is 1.65 bits per heavy atom. The average molecular weight is 257 g/mol.